The molecule has 0 unspecified atom stereocenters. The average molecular weight is 349 g/mol. The van der Waals surface area contributed by atoms with E-state index < -0.39 is 12.0 Å². The van der Waals surface area contributed by atoms with E-state index in [2.05, 4.69) is 35.2 Å². The minimum absolute atomic E-state index is 0.139. The molecule has 0 saturated carbocycles. The lowest BCUT2D eigenvalue weighted by Gasteiger charge is -2.08. The Morgan fingerprint density at radius 1 is 1.15 bits per heavy atom. The van der Waals surface area contributed by atoms with Crippen molar-refractivity contribution in [2.75, 3.05) is 5.32 Å². The number of rotatable bonds is 4. The zero-order valence-electron chi connectivity index (χ0n) is 13.1. The van der Waals surface area contributed by atoms with Gasteiger partial charge in [-0.2, -0.15) is 4.98 Å². The van der Waals surface area contributed by atoms with Crippen molar-refractivity contribution in [3.05, 3.63) is 60.8 Å². The second-order valence-corrected chi connectivity index (χ2v) is 5.15. The minimum atomic E-state index is -0.554. The van der Waals surface area contributed by atoms with Gasteiger partial charge in [-0.25, -0.2) is 4.98 Å². The number of para-hydroxylation sites is 1. The van der Waals surface area contributed by atoms with Gasteiger partial charge in [0.05, 0.1) is 5.69 Å². The van der Waals surface area contributed by atoms with Gasteiger partial charge in [0.2, 0.25) is 5.82 Å². The third kappa shape index (κ3) is 2.98. The summed E-state index contributed by atoms with van der Waals surface area (Å²) in [5.41, 5.74) is 1.08. The molecule has 0 bridgehead atoms. The lowest BCUT2D eigenvalue weighted by atomic mass is 10.1. The number of imidazole rings is 1. The third-order valence-corrected chi connectivity index (χ3v) is 3.48. The largest absolute Gasteiger partial charge is 0.464 e. The van der Waals surface area contributed by atoms with E-state index in [-0.39, 0.29) is 11.5 Å². The first-order chi connectivity index (χ1) is 12.7. The first-order valence-corrected chi connectivity index (χ1v) is 7.46. The number of nitrogens with one attached hydrogen (secondary N) is 1. The lowest BCUT2D eigenvalue weighted by molar-refractivity contribution is 0.102. The van der Waals surface area contributed by atoms with Crippen LogP contribution in [0.5, 0.6) is 6.08 Å². The summed E-state index contributed by atoms with van der Waals surface area (Å²) in [5.74, 6) is 0.247. The van der Waals surface area contributed by atoms with Gasteiger partial charge in [-0.15, -0.1) is 10.2 Å². The molecule has 0 aliphatic carbocycles. The van der Waals surface area contributed by atoms with Crippen LogP contribution in [-0.2, 0) is 0 Å². The molecule has 0 radical (unpaired) electrons. The van der Waals surface area contributed by atoms with Gasteiger partial charge in [-0.3, -0.25) is 13.9 Å². The molecule has 26 heavy (non-hydrogen) atoms. The van der Waals surface area contributed by atoms with E-state index in [1.807, 2.05) is 0 Å². The molecule has 4 rings (SSSR count). The fourth-order valence-electron chi connectivity index (χ4n) is 2.28. The van der Waals surface area contributed by atoms with Crippen LogP contribution in [0.25, 0.3) is 17.2 Å². The molecule has 0 saturated heterocycles. The molecule has 10 nitrogen and oxygen atoms in total. The van der Waals surface area contributed by atoms with E-state index in [0.717, 1.165) is 0 Å². The molecule has 3 aromatic heterocycles. The Hall–Kier alpha value is -4.08. The molecule has 1 amide bonds. The van der Waals surface area contributed by atoms with Gasteiger partial charge in [-0.05, 0) is 24.3 Å². The number of amides is 1. The first-order valence-electron chi connectivity index (χ1n) is 7.46. The van der Waals surface area contributed by atoms with Crippen molar-refractivity contribution in [2.45, 2.75) is 0 Å². The minimum Gasteiger partial charge on any atom is -0.464 e. The Morgan fingerprint density at radius 2 is 2.04 bits per heavy atom. The summed E-state index contributed by atoms with van der Waals surface area (Å²) in [6.07, 6.45) is 4.37. The highest BCUT2D eigenvalue weighted by Crippen LogP contribution is 2.26. The SMILES string of the molecule is O=C(Nc1ccccc1-c1noc(O)n1)c1ccc(-n2ccnc2)nn1. The summed E-state index contributed by atoms with van der Waals surface area (Å²) >= 11 is 0. The number of hydrogen-bond donors (Lipinski definition) is 2. The number of carbonyl (C=O) groups is 1. The maximum Gasteiger partial charge on any atom is 0.415 e. The molecule has 0 spiro atoms. The molecule has 4 aromatic rings. The van der Waals surface area contributed by atoms with Crippen LogP contribution in [0.2, 0.25) is 0 Å². The maximum absolute atomic E-state index is 12.5. The number of hydrogen-bond acceptors (Lipinski definition) is 8. The van der Waals surface area contributed by atoms with Crippen LogP contribution >= 0.6 is 0 Å². The highest BCUT2D eigenvalue weighted by molar-refractivity contribution is 6.04. The van der Waals surface area contributed by atoms with Gasteiger partial charge in [0, 0.05) is 18.0 Å². The summed E-state index contributed by atoms with van der Waals surface area (Å²) in [4.78, 5) is 20.1. The highest BCUT2D eigenvalue weighted by Gasteiger charge is 2.15. The summed E-state index contributed by atoms with van der Waals surface area (Å²) in [6, 6.07) is 10.1. The molecule has 10 heteroatoms. The van der Waals surface area contributed by atoms with E-state index in [9.17, 15) is 9.90 Å². The van der Waals surface area contributed by atoms with Gasteiger partial charge in [0.1, 0.15) is 6.33 Å². The van der Waals surface area contributed by atoms with Crippen LogP contribution < -0.4 is 5.32 Å². The van der Waals surface area contributed by atoms with Crippen molar-refractivity contribution in [1.82, 2.24) is 29.9 Å². The van der Waals surface area contributed by atoms with E-state index >= 15 is 0 Å². The lowest BCUT2D eigenvalue weighted by Crippen LogP contribution is -2.15. The zero-order valence-corrected chi connectivity index (χ0v) is 13.1. The van der Waals surface area contributed by atoms with Crippen molar-refractivity contribution in [2.24, 2.45) is 0 Å². The van der Waals surface area contributed by atoms with E-state index in [4.69, 9.17) is 0 Å². The summed E-state index contributed by atoms with van der Waals surface area (Å²) in [7, 11) is 0. The highest BCUT2D eigenvalue weighted by atomic mass is 16.6. The third-order valence-electron chi connectivity index (χ3n) is 3.48. The molecule has 0 atom stereocenters. The van der Waals surface area contributed by atoms with E-state index in [1.54, 1.807) is 59.7 Å². The van der Waals surface area contributed by atoms with Crippen LogP contribution in [0.15, 0.2) is 59.6 Å². The van der Waals surface area contributed by atoms with Crippen molar-refractivity contribution in [1.29, 1.82) is 0 Å². The number of aromatic hydroxyl groups is 1. The van der Waals surface area contributed by atoms with Crippen LogP contribution in [0, 0.1) is 0 Å². The van der Waals surface area contributed by atoms with Gasteiger partial charge in [-0.1, -0.05) is 17.3 Å². The Kier molecular flexibility index (Phi) is 3.82. The van der Waals surface area contributed by atoms with Crippen molar-refractivity contribution < 1.29 is 14.4 Å². The Balaban J connectivity index is 1.57. The molecule has 1 aromatic carbocycles. The Morgan fingerprint density at radius 3 is 2.73 bits per heavy atom. The predicted molar refractivity (Wildman–Crippen MR) is 88.5 cm³/mol. The van der Waals surface area contributed by atoms with Gasteiger partial charge < -0.3 is 10.4 Å². The second-order valence-electron chi connectivity index (χ2n) is 5.15. The predicted octanol–water partition coefficient (Wildman–Crippen LogP) is 1.67. The number of carbonyl (C=O) groups excluding carboxylic acids is 1. The molecule has 0 aliphatic rings. The van der Waals surface area contributed by atoms with Crippen molar-refractivity contribution in [3.63, 3.8) is 0 Å². The van der Waals surface area contributed by atoms with Gasteiger partial charge in [0.15, 0.2) is 11.5 Å². The molecule has 2 N–H and O–H groups in total. The Labute approximate surface area is 146 Å². The second kappa shape index (κ2) is 6.43. The normalized spacial score (nSPS) is 10.6. The molecule has 0 aliphatic heterocycles. The molecule has 128 valence electrons. The summed E-state index contributed by atoms with van der Waals surface area (Å²) in [5, 5.41) is 23.5. The average Bonchev–Trinajstić information content (AvgIpc) is 3.34. The van der Waals surface area contributed by atoms with Crippen LogP contribution in [0.4, 0.5) is 5.69 Å². The first kappa shape index (κ1) is 15.4. The molecular weight excluding hydrogens is 338 g/mol. The summed E-state index contributed by atoms with van der Waals surface area (Å²) in [6.45, 7) is 0. The number of nitrogens with zero attached hydrogens (tertiary/aromatic N) is 6. The fraction of sp³-hybridized carbons (Fsp3) is 0. The molecule has 3 heterocycles. The van der Waals surface area contributed by atoms with E-state index in [0.29, 0.717) is 17.1 Å². The molecular formula is C16H11N7O3. The smallest absolute Gasteiger partial charge is 0.415 e. The molecule has 0 fully saturated rings. The van der Waals surface area contributed by atoms with Crippen molar-refractivity contribution >= 4 is 11.6 Å². The number of benzene rings is 1. The Bertz CT molecular complexity index is 1040. The number of aromatic nitrogens is 6. The monoisotopic (exact) mass is 349 g/mol. The standard InChI is InChI=1S/C16H11N7O3/c24-15(12-5-6-13(21-20-12)23-8-7-17-9-23)18-11-4-2-1-3-10(11)14-19-16(25)26-22-14/h1-9H,(H,18,24)(H,19,22,25). The quantitative estimate of drug-likeness (QED) is 0.568. The van der Waals surface area contributed by atoms with Crippen LogP contribution in [0.1, 0.15) is 10.5 Å². The van der Waals surface area contributed by atoms with Gasteiger partial charge >= 0.3 is 6.08 Å². The van der Waals surface area contributed by atoms with E-state index in [1.165, 1.54) is 0 Å². The van der Waals surface area contributed by atoms with Gasteiger partial charge in [0.25, 0.3) is 5.91 Å². The summed E-state index contributed by atoms with van der Waals surface area (Å²) < 4.78 is 6.24. The van der Waals surface area contributed by atoms with Crippen LogP contribution in [-0.4, -0.2) is 40.9 Å². The number of anilines is 1. The zero-order chi connectivity index (χ0) is 17.9. The maximum atomic E-state index is 12.5. The fourth-order valence-corrected chi connectivity index (χ4v) is 2.28. The van der Waals surface area contributed by atoms with Crippen LogP contribution in [0.3, 0.4) is 0 Å². The topological polar surface area (TPSA) is 132 Å². The van der Waals surface area contributed by atoms with Crippen molar-refractivity contribution in [3.8, 4) is 23.3 Å².